The Kier molecular flexibility index (Phi) is 7.57. The Morgan fingerprint density at radius 2 is 2.00 bits per heavy atom. The van der Waals surface area contributed by atoms with Gasteiger partial charge in [0.1, 0.15) is 0 Å². The number of hydrazone groups is 1. The van der Waals surface area contributed by atoms with Crippen molar-refractivity contribution in [3.63, 3.8) is 0 Å². The zero-order chi connectivity index (χ0) is 19.6. The van der Waals surface area contributed by atoms with Gasteiger partial charge in [0.25, 0.3) is 5.91 Å². The van der Waals surface area contributed by atoms with Crippen LogP contribution in [0.3, 0.4) is 0 Å². The maximum absolute atomic E-state index is 10.8. The molecule has 0 aliphatic heterocycles. The van der Waals surface area contributed by atoms with E-state index < -0.39 is 5.91 Å². The first kappa shape index (κ1) is 20.2. The molecule has 0 atom stereocenters. The van der Waals surface area contributed by atoms with E-state index in [-0.39, 0.29) is 6.61 Å². The lowest BCUT2D eigenvalue weighted by Crippen LogP contribution is -2.33. The van der Waals surface area contributed by atoms with Crippen LogP contribution in [0.5, 0.6) is 11.5 Å². The van der Waals surface area contributed by atoms with Gasteiger partial charge in [-0.25, -0.2) is 5.01 Å². The summed E-state index contributed by atoms with van der Waals surface area (Å²) < 4.78 is 10.6. The second-order valence-electron chi connectivity index (χ2n) is 5.58. The fourth-order valence-corrected chi connectivity index (χ4v) is 2.25. The molecule has 2 aromatic rings. The van der Waals surface area contributed by atoms with Crippen LogP contribution in [0.2, 0.25) is 0 Å². The number of hydrogen-bond acceptors (Lipinski definition) is 5. The van der Waals surface area contributed by atoms with E-state index >= 15 is 0 Å². The van der Waals surface area contributed by atoms with Crippen LogP contribution < -0.4 is 20.5 Å². The monoisotopic (exact) mass is 386 g/mol. The summed E-state index contributed by atoms with van der Waals surface area (Å²) in [5.74, 6) is 0.357. The summed E-state index contributed by atoms with van der Waals surface area (Å²) in [5.41, 5.74) is 7.00. The van der Waals surface area contributed by atoms with Gasteiger partial charge in [0.15, 0.2) is 23.2 Å². The van der Waals surface area contributed by atoms with Crippen molar-refractivity contribution in [2.45, 2.75) is 6.54 Å². The summed E-state index contributed by atoms with van der Waals surface area (Å²) in [6.07, 6.45) is 1.65. The van der Waals surface area contributed by atoms with E-state index in [4.69, 9.17) is 27.4 Å². The fraction of sp³-hybridized carbons (Fsp3) is 0.211. The Bertz CT molecular complexity index is 812. The molecule has 0 unspecified atom stereocenters. The number of carbonyl (C=O) groups excluding carboxylic acids is 1. The number of ether oxygens (including phenoxy) is 2. The van der Waals surface area contributed by atoms with E-state index in [0.29, 0.717) is 23.2 Å². The van der Waals surface area contributed by atoms with Crippen molar-refractivity contribution < 1.29 is 14.3 Å². The Hall–Kier alpha value is -3.13. The van der Waals surface area contributed by atoms with Crippen LogP contribution in [-0.4, -0.2) is 43.0 Å². The summed E-state index contributed by atoms with van der Waals surface area (Å²) >= 11 is 5.33. The van der Waals surface area contributed by atoms with E-state index in [9.17, 15) is 4.79 Å². The summed E-state index contributed by atoms with van der Waals surface area (Å²) in [6.45, 7) is 0.410. The summed E-state index contributed by atoms with van der Waals surface area (Å²) in [7, 11) is 3.28. The third kappa shape index (κ3) is 6.59. The van der Waals surface area contributed by atoms with Crippen molar-refractivity contribution in [1.29, 1.82) is 0 Å². The number of thiocarbonyl (C=S) groups is 1. The van der Waals surface area contributed by atoms with E-state index in [1.807, 2.05) is 30.3 Å². The van der Waals surface area contributed by atoms with Crippen molar-refractivity contribution in [2.24, 2.45) is 10.8 Å². The Balaban J connectivity index is 1.95. The van der Waals surface area contributed by atoms with Crippen LogP contribution in [-0.2, 0) is 11.3 Å². The summed E-state index contributed by atoms with van der Waals surface area (Å²) in [4.78, 5) is 10.8. The lowest BCUT2D eigenvalue weighted by molar-refractivity contribution is -0.119. The molecule has 3 N–H and O–H groups in total. The number of benzene rings is 2. The van der Waals surface area contributed by atoms with Crippen LogP contribution in [0, 0.1) is 0 Å². The molecule has 0 radical (unpaired) electrons. The van der Waals surface area contributed by atoms with Crippen LogP contribution >= 0.6 is 12.2 Å². The molecule has 1 amide bonds. The minimum atomic E-state index is -0.555. The molecular formula is C19H22N4O3S. The number of nitrogens with one attached hydrogen (secondary N) is 1. The molecule has 7 nitrogen and oxygen atoms in total. The van der Waals surface area contributed by atoms with Gasteiger partial charge in [-0.3, -0.25) is 4.79 Å². The number of nitrogens with two attached hydrogens (primary N) is 1. The van der Waals surface area contributed by atoms with Gasteiger partial charge in [0, 0.05) is 13.6 Å². The minimum absolute atomic E-state index is 0.214. The first-order valence-corrected chi connectivity index (χ1v) is 8.59. The van der Waals surface area contributed by atoms with Crippen molar-refractivity contribution in [3.05, 3.63) is 59.7 Å². The third-order valence-corrected chi connectivity index (χ3v) is 3.93. The Morgan fingerprint density at radius 1 is 1.26 bits per heavy atom. The smallest absolute Gasteiger partial charge is 0.255 e. The molecule has 142 valence electrons. The van der Waals surface area contributed by atoms with Crippen molar-refractivity contribution in [3.8, 4) is 11.5 Å². The van der Waals surface area contributed by atoms with Crippen LogP contribution in [0.25, 0.3) is 0 Å². The SMILES string of the molecule is COc1cc(/C=N\N(C)C(=S)NCc2ccccc2)ccc1OCC(N)=O. The first-order chi connectivity index (χ1) is 13.0. The maximum Gasteiger partial charge on any atom is 0.255 e. The van der Waals surface area contributed by atoms with Crippen LogP contribution in [0.1, 0.15) is 11.1 Å². The van der Waals surface area contributed by atoms with E-state index in [1.165, 1.54) is 7.11 Å². The van der Waals surface area contributed by atoms with Gasteiger partial charge in [-0.05, 0) is 41.5 Å². The predicted octanol–water partition coefficient (Wildman–Crippen LogP) is 1.90. The van der Waals surface area contributed by atoms with Gasteiger partial charge in [0.2, 0.25) is 0 Å². The number of amides is 1. The topological polar surface area (TPSA) is 89.2 Å². The van der Waals surface area contributed by atoms with Crippen LogP contribution in [0.4, 0.5) is 0 Å². The number of rotatable bonds is 8. The highest BCUT2D eigenvalue weighted by Gasteiger charge is 2.07. The van der Waals surface area contributed by atoms with E-state index in [0.717, 1.165) is 11.1 Å². The molecule has 0 spiro atoms. The number of nitrogens with zero attached hydrogens (tertiary/aromatic N) is 2. The van der Waals surface area contributed by atoms with Crippen molar-refractivity contribution in [2.75, 3.05) is 20.8 Å². The van der Waals surface area contributed by atoms with Crippen LogP contribution in [0.15, 0.2) is 53.6 Å². The Labute approximate surface area is 163 Å². The standard InChI is InChI=1S/C19H22N4O3S/c1-23(19(27)21-11-14-6-4-3-5-7-14)22-12-15-8-9-16(17(10-15)25-2)26-13-18(20)24/h3-10,12H,11,13H2,1-2H3,(H2,20,24)(H,21,27)/b22-12-. The second kappa shape index (κ2) is 10.1. The molecule has 0 heterocycles. The predicted molar refractivity (Wildman–Crippen MR) is 109 cm³/mol. The zero-order valence-corrected chi connectivity index (χ0v) is 16.0. The molecule has 0 bridgehead atoms. The lowest BCUT2D eigenvalue weighted by atomic mass is 10.2. The fourth-order valence-electron chi connectivity index (χ4n) is 2.13. The van der Waals surface area contributed by atoms with Gasteiger partial charge < -0.3 is 20.5 Å². The van der Waals surface area contributed by atoms with Gasteiger partial charge in [-0.1, -0.05) is 30.3 Å². The lowest BCUT2D eigenvalue weighted by Gasteiger charge is -2.16. The molecule has 0 aromatic heterocycles. The highest BCUT2D eigenvalue weighted by molar-refractivity contribution is 7.80. The summed E-state index contributed by atoms with van der Waals surface area (Å²) in [5, 5.41) is 9.54. The number of hydrogen-bond donors (Lipinski definition) is 2. The van der Waals surface area contributed by atoms with E-state index in [2.05, 4.69) is 10.4 Å². The average Bonchev–Trinajstić information content (AvgIpc) is 2.69. The Morgan fingerprint density at radius 3 is 2.67 bits per heavy atom. The molecule has 0 aliphatic rings. The van der Waals surface area contributed by atoms with Gasteiger partial charge >= 0.3 is 0 Å². The maximum atomic E-state index is 10.8. The first-order valence-electron chi connectivity index (χ1n) is 8.18. The van der Waals surface area contributed by atoms with Gasteiger partial charge in [0.05, 0.1) is 13.3 Å². The van der Waals surface area contributed by atoms with E-state index in [1.54, 1.807) is 36.5 Å². The quantitative estimate of drug-likeness (QED) is 0.409. The highest BCUT2D eigenvalue weighted by atomic mass is 32.1. The second-order valence-corrected chi connectivity index (χ2v) is 5.96. The zero-order valence-electron chi connectivity index (χ0n) is 15.2. The molecule has 0 saturated heterocycles. The highest BCUT2D eigenvalue weighted by Crippen LogP contribution is 2.27. The van der Waals surface area contributed by atoms with Crippen molar-refractivity contribution in [1.82, 2.24) is 10.3 Å². The van der Waals surface area contributed by atoms with Gasteiger partial charge in [-0.2, -0.15) is 5.10 Å². The minimum Gasteiger partial charge on any atom is -0.493 e. The van der Waals surface area contributed by atoms with Crippen molar-refractivity contribution >= 4 is 29.5 Å². The van der Waals surface area contributed by atoms with Gasteiger partial charge in [-0.15, -0.1) is 0 Å². The molecule has 0 aliphatic carbocycles. The molecule has 27 heavy (non-hydrogen) atoms. The largest absolute Gasteiger partial charge is 0.493 e. The molecule has 0 saturated carbocycles. The molecular weight excluding hydrogens is 364 g/mol. The molecule has 2 rings (SSSR count). The number of carbonyl (C=O) groups is 1. The average molecular weight is 386 g/mol. The number of methoxy groups -OCH3 is 1. The molecule has 2 aromatic carbocycles. The number of primary amides is 1. The molecule has 0 fully saturated rings. The third-order valence-electron chi connectivity index (χ3n) is 3.52. The molecule has 8 heteroatoms. The summed E-state index contributed by atoms with van der Waals surface area (Å²) in [6, 6.07) is 15.2. The normalized spacial score (nSPS) is 10.4.